The van der Waals surface area contributed by atoms with Crippen molar-refractivity contribution in [3.8, 4) is 0 Å². The maximum atomic E-state index is 12.4. The quantitative estimate of drug-likeness (QED) is 0.780. The van der Waals surface area contributed by atoms with Gasteiger partial charge in [0.1, 0.15) is 0 Å². The third kappa shape index (κ3) is 2.63. The first-order valence-electron chi connectivity index (χ1n) is 6.30. The van der Waals surface area contributed by atoms with E-state index in [1.165, 1.54) is 0 Å². The van der Waals surface area contributed by atoms with Gasteiger partial charge in [0.05, 0.1) is 17.7 Å². The molecule has 1 atom stereocenters. The number of aliphatic hydroxyl groups excluding tert-OH is 1. The highest BCUT2D eigenvalue weighted by molar-refractivity contribution is 5.87. The summed E-state index contributed by atoms with van der Waals surface area (Å²) in [4.78, 5) is 14.2. The lowest BCUT2D eigenvalue weighted by Crippen LogP contribution is -2.74. The summed E-state index contributed by atoms with van der Waals surface area (Å²) in [6, 6.07) is 0. The number of aliphatic hydroxyl groups is 1. The van der Waals surface area contributed by atoms with Crippen molar-refractivity contribution < 1.29 is 9.90 Å². The van der Waals surface area contributed by atoms with E-state index in [-0.39, 0.29) is 18.1 Å². The van der Waals surface area contributed by atoms with Gasteiger partial charge in [0.25, 0.3) is 0 Å². The predicted molar refractivity (Wildman–Crippen MR) is 68.8 cm³/mol. The maximum absolute atomic E-state index is 12.4. The summed E-state index contributed by atoms with van der Waals surface area (Å²) >= 11 is 0. The fraction of sp³-hybridized carbons (Fsp3) is 0.923. The lowest BCUT2D eigenvalue weighted by atomic mass is 9.84. The Morgan fingerprint density at radius 3 is 2.35 bits per heavy atom. The zero-order valence-electron chi connectivity index (χ0n) is 11.9. The maximum Gasteiger partial charge on any atom is 0.242 e. The Kier molecular flexibility index (Phi) is 3.61. The van der Waals surface area contributed by atoms with Crippen molar-refractivity contribution >= 4 is 5.91 Å². The fourth-order valence-electron chi connectivity index (χ4n) is 2.38. The summed E-state index contributed by atoms with van der Waals surface area (Å²) in [6.07, 6.45) is 0.946. The van der Waals surface area contributed by atoms with E-state index in [1.807, 2.05) is 32.6 Å². The Morgan fingerprint density at radius 2 is 1.94 bits per heavy atom. The molecule has 17 heavy (non-hydrogen) atoms. The fourth-order valence-corrected chi connectivity index (χ4v) is 2.38. The number of carbonyl (C=O) groups excluding carboxylic acids is 1. The minimum atomic E-state index is -0.574. The van der Waals surface area contributed by atoms with Gasteiger partial charge in [-0.15, -0.1) is 0 Å². The van der Waals surface area contributed by atoms with Crippen LogP contribution in [-0.2, 0) is 4.79 Å². The second kappa shape index (κ2) is 4.25. The highest BCUT2D eigenvalue weighted by Crippen LogP contribution is 2.29. The molecular formula is C13H26N2O2. The molecule has 100 valence electrons. The molecule has 0 bridgehead atoms. The van der Waals surface area contributed by atoms with E-state index < -0.39 is 11.1 Å². The number of nitrogens with one attached hydrogen (secondary N) is 1. The molecule has 0 aromatic rings. The van der Waals surface area contributed by atoms with Crippen LogP contribution in [0.3, 0.4) is 0 Å². The summed E-state index contributed by atoms with van der Waals surface area (Å²) in [6.45, 7) is 12.5. The molecule has 1 unspecified atom stereocenters. The summed E-state index contributed by atoms with van der Waals surface area (Å²) in [5, 5.41) is 12.9. The van der Waals surface area contributed by atoms with Crippen LogP contribution in [0.2, 0.25) is 0 Å². The highest BCUT2D eigenvalue weighted by atomic mass is 16.3. The van der Waals surface area contributed by atoms with Gasteiger partial charge in [-0.25, -0.2) is 0 Å². The number of amides is 1. The van der Waals surface area contributed by atoms with Gasteiger partial charge in [0, 0.05) is 12.1 Å². The van der Waals surface area contributed by atoms with E-state index in [1.54, 1.807) is 0 Å². The molecule has 0 radical (unpaired) electrons. The lowest BCUT2D eigenvalue weighted by molar-refractivity contribution is -0.153. The van der Waals surface area contributed by atoms with Crippen molar-refractivity contribution in [2.75, 3.05) is 13.2 Å². The van der Waals surface area contributed by atoms with Gasteiger partial charge in [0.15, 0.2) is 0 Å². The van der Waals surface area contributed by atoms with Crippen LogP contribution in [0.4, 0.5) is 0 Å². The minimum absolute atomic E-state index is 0.0192. The van der Waals surface area contributed by atoms with Gasteiger partial charge < -0.3 is 10.0 Å². The van der Waals surface area contributed by atoms with Gasteiger partial charge in [0.2, 0.25) is 5.91 Å². The number of piperazine rings is 1. The van der Waals surface area contributed by atoms with Crippen LogP contribution in [0.25, 0.3) is 0 Å². The van der Waals surface area contributed by atoms with Crippen molar-refractivity contribution in [2.45, 2.75) is 64.6 Å². The molecule has 0 saturated carbocycles. The summed E-state index contributed by atoms with van der Waals surface area (Å²) < 4.78 is 0. The van der Waals surface area contributed by atoms with Crippen molar-refractivity contribution in [3.63, 3.8) is 0 Å². The van der Waals surface area contributed by atoms with Gasteiger partial charge in [-0.1, -0.05) is 6.92 Å². The smallest absolute Gasteiger partial charge is 0.242 e. The minimum Gasteiger partial charge on any atom is -0.394 e. The van der Waals surface area contributed by atoms with Crippen molar-refractivity contribution in [3.05, 3.63) is 0 Å². The second-order valence-electron chi connectivity index (χ2n) is 6.53. The van der Waals surface area contributed by atoms with Crippen LogP contribution in [0.15, 0.2) is 0 Å². The molecular weight excluding hydrogens is 216 g/mol. The first-order valence-corrected chi connectivity index (χ1v) is 6.30. The summed E-state index contributed by atoms with van der Waals surface area (Å²) in [5.41, 5.74) is -1.17. The average molecular weight is 242 g/mol. The predicted octanol–water partition coefficient (Wildman–Crippen LogP) is 1.14. The molecule has 1 rings (SSSR count). The van der Waals surface area contributed by atoms with E-state index in [4.69, 9.17) is 0 Å². The van der Waals surface area contributed by atoms with E-state index in [2.05, 4.69) is 19.2 Å². The molecule has 0 spiro atoms. The standard InChI is InChI=1S/C13H26N2O2/c1-7-13(6)8-15(11(2,3)9-16)10(17)12(4,5)14-13/h14,16H,7-9H2,1-6H3. The average Bonchev–Trinajstić information content (AvgIpc) is 2.23. The zero-order chi connectivity index (χ0) is 13.5. The Labute approximate surface area is 104 Å². The largest absolute Gasteiger partial charge is 0.394 e. The van der Waals surface area contributed by atoms with Gasteiger partial charge in [-0.05, 0) is 41.0 Å². The molecule has 0 aliphatic carbocycles. The number of carbonyl (C=O) groups is 1. The van der Waals surface area contributed by atoms with Crippen LogP contribution in [0.1, 0.15) is 48.0 Å². The van der Waals surface area contributed by atoms with Crippen molar-refractivity contribution in [1.29, 1.82) is 0 Å². The van der Waals surface area contributed by atoms with Gasteiger partial charge >= 0.3 is 0 Å². The molecule has 1 aliphatic heterocycles. The first-order chi connectivity index (χ1) is 7.58. The number of hydrogen-bond acceptors (Lipinski definition) is 3. The molecule has 0 aromatic carbocycles. The molecule has 2 N–H and O–H groups in total. The Hall–Kier alpha value is -0.610. The molecule has 1 amide bonds. The van der Waals surface area contributed by atoms with E-state index in [0.717, 1.165) is 6.42 Å². The Morgan fingerprint density at radius 1 is 1.41 bits per heavy atom. The monoisotopic (exact) mass is 242 g/mol. The van der Waals surface area contributed by atoms with E-state index in [0.29, 0.717) is 6.54 Å². The molecule has 1 fully saturated rings. The SMILES string of the molecule is CCC1(C)CN(C(C)(C)CO)C(=O)C(C)(C)N1. The molecule has 0 aromatic heterocycles. The third-order valence-corrected chi connectivity index (χ3v) is 3.80. The van der Waals surface area contributed by atoms with Gasteiger partial charge in [-0.2, -0.15) is 0 Å². The Balaban J connectivity index is 3.09. The van der Waals surface area contributed by atoms with Crippen LogP contribution < -0.4 is 5.32 Å². The van der Waals surface area contributed by atoms with Crippen molar-refractivity contribution in [1.82, 2.24) is 10.2 Å². The van der Waals surface area contributed by atoms with Gasteiger partial charge in [-0.3, -0.25) is 10.1 Å². The highest BCUT2D eigenvalue weighted by Gasteiger charge is 2.48. The summed E-state index contributed by atoms with van der Waals surface area (Å²) in [5.74, 6) is 0.0578. The third-order valence-electron chi connectivity index (χ3n) is 3.80. The van der Waals surface area contributed by atoms with Crippen LogP contribution in [0.5, 0.6) is 0 Å². The molecule has 1 aliphatic rings. The van der Waals surface area contributed by atoms with E-state index in [9.17, 15) is 9.90 Å². The Bertz CT molecular complexity index is 313. The van der Waals surface area contributed by atoms with Crippen LogP contribution >= 0.6 is 0 Å². The topological polar surface area (TPSA) is 52.6 Å². The second-order valence-corrected chi connectivity index (χ2v) is 6.53. The number of hydrogen-bond donors (Lipinski definition) is 2. The first kappa shape index (κ1) is 14.5. The van der Waals surface area contributed by atoms with Crippen LogP contribution in [0, 0.1) is 0 Å². The summed E-state index contributed by atoms with van der Waals surface area (Å²) in [7, 11) is 0. The number of nitrogens with zero attached hydrogens (tertiary/aromatic N) is 1. The zero-order valence-corrected chi connectivity index (χ0v) is 11.9. The lowest BCUT2D eigenvalue weighted by Gasteiger charge is -2.53. The van der Waals surface area contributed by atoms with Crippen molar-refractivity contribution in [2.24, 2.45) is 0 Å². The number of rotatable bonds is 3. The van der Waals surface area contributed by atoms with E-state index >= 15 is 0 Å². The normalized spacial score (nSPS) is 29.6. The molecule has 1 saturated heterocycles. The molecule has 4 nitrogen and oxygen atoms in total. The molecule has 4 heteroatoms. The molecule has 1 heterocycles. The van der Waals surface area contributed by atoms with Crippen LogP contribution in [-0.4, -0.2) is 45.7 Å².